The van der Waals surface area contributed by atoms with E-state index in [1.807, 2.05) is 26.1 Å². The first-order chi connectivity index (χ1) is 12.6. The molecule has 0 unspecified atom stereocenters. The van der Waals surface area contributed by atoms with Crippen molar-refractivity contribution < 1.29 is 9.90 Å². The second-order valence-corrected chi connectivity index (χ2v) is 6.58. The molecule has 140 valence electrons. The minimum absolute atomic E-state index is 0.0120. The third-order valence-electron chi connectivity index (χ3n) is 4.49. The Kier molecular flexibility index (Phi) is 7.99. The van der Waals surface area contributed by atoms with E-state index < -0.39 is 5.97 Å². The van der Waals surface area contributed by atoms with Crippen molar-refractivity contribution in [3.05, 3.63) is 47.7 Å². The number of aryl methyl sites for hydroxylation is 2. The molecule has 0 radical (unpaired) electrons. The molecule has 2 aromatic heterocycles. The number of rotatable bonds is 11. The normalized spacial score (nSPS) is 11.9. The molecule has 1 atom stereocenters. The smallest absolute Gasteiger partial charge is 0.303 e. The number of aromatic nitrogens is 3. The van der Waals surface area contributed by atoms with Crippen molar-refractivity contribution in [1.82, 2.24) is 15.0 Å². The number of aliphatic carboxylic acids is 1. The van der Waals surface area contributed by atoms with E-state index >= 15 is 0 Å². The molecule has 2 N–H and O–H groups in total. The lowest BCUT2D eigenvalue weighted by atomic mass is 9.92. The predicted octanol–water partition coefficient (Wildman–Crippen LogP) is 3.97. The number of nitrogens with one attached hydrogen (secondary N) is 1. The molecule has 0 aliphatic heterocycles. The fraction of sp³-hybridized carbons (Fsp3) is 0.500. The van der Waals surface area contributed by atoms with Gasteiger partial charge in [-0.3, -0.25) is 4.79 Å². The van der Waals surface area contributed by atoms with E-state index in [2.05, 4.69) is 26.3 Å². The fourth-order valence-electron chi connectivity index (χ4n) is 3.02. The molecule has 2 aromatic rings. The van der Waals surface area contributed by atoms with Gasteiger partial charge < -0.3 is 10.4 Å². The summed E-state index contributed by atoms with van der Waals surface area (Å²) in [7, 11) is 1.87. The summed E-state index contributed by atoms with van der Waals surface area (Å²) in [5.41, 5.74) is 2.03. The minimum Gasteiger partial charge on any atom is -0.481 e. The van der Waals surface area contributed by atoms with Gasteiger partial charge >= 0.3 is 5.97 Å². The van der Waals surface area contributed by atoms with E-state index in [4.69, 9.17) is 5.11 Å². The van der Waals surface area contributed by atoms with Crippen LogP contribution in [0.1, 0.15) is 61.5 Å². The van der Waals surface area contributed by atoms with Crippen molar-refractivity contribution >= 4 is 11.8 Å². The Morgan fingerprint density at radius 1 is 1.15 bits per heavy atom. The van der Waals surface area contributed by atoms with Gasteiger partial charge in [-0.05, 0) is 49.8 Å². The molecule has 0 fully saturated rings. The molecule has 0 saturated heterocycles. The predicted molar refractivity (Wildman–Crippen MR) is 102 cm³/mol. The topological polar surface area (TPSA) is 88.0 Å². The summed E-state index contributed by atoms with van der Waals surface area (Å²) in [6.07, 6.45) is 9.80. The zero-order chi connectivity index (χ0) is 18.8. The molecule has 26 heavy (non-hydrogen) atoms. The van der Waals surface area contributed by atoms with Crippen LogP contribution in [0.25, 0.3) is 0 Å². The maximum absolute atomic E-state index is 11.1. The molecule has 0 aromatic carbocycles. The molecule has 2 rings (SSSR count). The van der Waals surface area contributed by atoms with E-state index in [9.17, 15) is 4.79 Å². The highest BCUT2D eigenvalue weighted by atomic mass is 16.4. The van der Waals surface area contributed by atoms with Crippen molar-refractivity contribution in [2.75, 3.05) is 12.4 Å². The minimum atomic E-state index is -0.772. The fourth-order valence-corrected chi connectivity index (χ4v) is 3.02. The molecular formula is C20H28N4O2. The van der Waals surface area contributed by atoms with Crippen LogP contribution in [0.4, 0.5) is 5.82 Å². The number of unbranched alkanes of at least 4 members (excludes halogenated alkanes) is 3. The summed E-state index contributed by atoms with van der Waals surface area (Å²) >= 11 is 0. The van der Waals surface area contributed by atoms with Crippen LogP contribution in [0.5, 0.6) is 0 Å². The van der Waals surface area contributed by atoms with Crippen molar-refractivity contribution in [3.63, 3.8) is 0 Å². The number of carboxylic acids is 1. The molecule has 0 aliphatic carbocycles. The van der Waals surface area contributed by atoms with E-state index in [-0.39, 0.29) is 12.3 Å². The Bertz CT molecular complexity index is 688. The van der Waals surface area contributed by atoms with Gasteiger partial charge in [0.05, 0.1) is 6.42 Å². The Morgan fingerprint density at radius 2 is 1.88 bits per heavy atom. The molecule has 0 saturated carbocycles. The highest BCUT2D eigenvalue weighted by Crippen LogP contribution is 2.25. The van der Waals surface area contributed by atoms with Crippen LogP contribution in [-0.2, 0) is 11.2 Å². The Labute approximate surface area is 155 Å². The summed E-state index contributed by atoms with van der Waals surface area (Å²) in [5, 5.41) is 12.2. The van der Waals surface area contributed by atoms with Crippen LogP contribution in [0.3, 0.4) is 0 Å². The first-order valence-electron chi connectivity index (χ1n) is 9.22. The molecule has 0 aliphatic rings. The maximum atomic E-state index is 11.1. The second-order valence-electron chi connectivity index (χ2n) is 6.58. The number of hydrogen-bond donors (Lipinski definition) is 2. The first kappa shape index (κ1) is 19.8. The number of carboxylic acid groups (broad SMARTS) is 1. The standard InChI is InChI=1S/C20H28N4O2/c1-15-22-13-17(14-23-15)16(12-20(25)26)8-5-3-4-6-9-18-10-7-11-19(21-2)24-18/h7,10-11,13-14,16H,3-6,8-9,12H2,1-2H3,(H,21,24)(H,25,26)/t16-/m1/s1. The quantitative estimate of drug-likeness (QED) is 0.592. The summed E-state index contributed by atoms with van der Waals surface area (Å²) < 4.78 is 0. The second kappa shape index (κ2) is 10.5. The van der Waals surface area contributed by atoms with Gasteiger partial charge in [0.25, 0.3) is 0 Å². The zero-order valence-electron chi connectivity index (χ0n) is 15.6. The summed E-state index contributed by atoms with van der Waals surface area (Å²) in [5.74, 6) is 0.825. The molecule has 0 amide bonds. The Hall–Kier alpha value is -2.50. The van der Waals surface area contributed by atoms with Gasteiger partial charge in [0, 0.05) is 25.1 Å². The van der Waals surface area contributed by atoms with Crippen LogP contribution in [-0.4, -0.2) is 33.1 Å². The Morgan fingerprint density at radius 3 is 2.58 bits per heavy atom. The molecule has 6 nitrogen and oxygen atoms in total. The number of carbonyl (C=O) groups is 1. The van der Waals surface area contributed by atoms with E-state index in [0.29, 0.717) is 5.82 Å². The van der Waals surface area contributed by atoms with E-state index in [1.54, 1.807) is 12.4 Å². The average Bonchev–Trinajstić information content (AvgIpc) is 2.64. The molecule has 0 spiro atoms. The van der Waals surface area contributed by atoms with Gasteiger partial charge in [-0.15, -0.1) is 0 Å². The molecule has 2 heterocycles. The largest absolute Gasteiger partial charge is 0.481 e. The van der Waals surface area contributed by atoms with Crippen molar-refractivity contribution in [3.8, 4) is 0 Å². The molecule has 0 bridgehead atoms. The van der Waals surface area contributed by atoms with E-state index in [1.165, 1.54) is 0 Å². The van der Waals surface area contributed by atoms with Crippen molar-refractivity contribution in [2.24, 2.45) is 0 Å². The third kappa shape index (κ3) is 6.78. The zero-order valence-corrected chi connectivity index (χ0v) is 15.6. The van der Waals surface area contributed by atoms with Gasteiger partial charge in [-0.2, -0.15) is 0 Å². The first-order valence-corrected chi connectivity index (χ1v) is 9.22. The average molecular weight is 356 g/mol. The maximum Gasteiger partial charge on any atom is 0.303 e. The number of hydrogen-bond acceptors (Lipinski definition) is 5. The van der Waals surface area contributed by atoms with Crippen LogP contribution in [0.2, 0.25) is 0 Å². The number of anilines is 1. The highest BCUT2D eigenvalue weighted by molar-refractivity contribution is 5.68. The lowest BCUT2D eigenvalue weighted by Crippen LogP contribution is -2.08. The summed E-state index contributed by atoms with van der Waals surface area (Å²) in [6, 6.07) is 6.04. The van der Waals surface area contributed by atoms with Crippen LogP contribution in [0.15, 0.2) is 30.6 Å². The summed E-state index contributed by atoms with van der Waals surface area (Å²) in [4.78, 5) is 24.1. The highest BCUT2D eigenvalue weighted by Gasteiger charge is 2.16. The van der Waals surface area contributed by atoms with Gasteiger partial charge in [0.1, 0.15) is 11.6 Å². The monoisotopic (exact) mass is 356 g/mol. The SMILES string of the molecule is CNc1cccc(CCCCCC[C@H](CC(=O)O)c2cnc(C)nc2)n1. The number of nitrogens with zero attached hydrogens (tertiary/aromatic N) is 3. The molecule has 6 heteroatoms. The van der Waals surface area contributed by atoms with Crippen LogP contribution < -0.4 is 5.32 Å². The van der Waals surface area contributed by atoms with Gasteiger partial charge in [0.15, 0.2) is 0 Å². The lowest BCUT2D eigenvalue weighted by Gasteiger charge is -2.14. The van der Waals surface area contributed by atoms with Gasteiger partial charge in [-0.1, -0.05) is 25.3 Å². The summed E-state index contributed by atoms with van der Waals surface area (Å²) in [6.45, 7) is 1.83. The van der Waals surface area contributed by atoms with Gasteiger partial charge in [-0.25, -0.2) is 15.0 Å². The van der Waals surface area contributed by atoms with Crippen LogP contribution in [0, 0.1) is 6.92 Å². The third-order valence-corrected chi connectivity index (χ3v) is 4.49. The van der Waals surface area contributed by atoms with Gasteiger partial charge in [0.2, 0.25) is 0 Å². The number of pyridine rings is 1. The van der Waals surface area contributed by atoms with Crippen LogP contribution >= 0.6 is 0 Å². The molecular weight excluding hydrogens is 328 g/mol. The van der Waals surface area contributed by atoms with Crippen molar-refractivity contribution in [2.45, 2.75) is 57.8 Å². The Balaban J connectivity index is 1.73. The van der Waals surface area contributed by atoms with E-state index in [0.717, 1.165) is 55.6 Å². The van der Waals surface area contributed by atoms with Crippen molar-refractivity contribution in [1.29, 1.82) is 0 Å². The lowest BCUT2D eigenvalue weighted by molar-refractivity contribution is -0.137.